The van der Waals surface area contributed by atoms with Gasteiger partial charge in [0.05, 0.1) is 0 Å². The number of rotatable bonds is 2. The molecule has 0 aliphatic carbocycles. The van der Waals surface area contributed by atoms with Crippen molar-refractivity contribution in [3.05, 3.63) is 34.0 Å². The Balaban J connectivity index is 2.38. The lowest BCUT2D eigenvalue weighted by atomic mass is 10.2. The van der Waals surface area contributed by atoms with Gasteiger partial charge in [0, 0.05) is 11.9 Å². The minimum atomic E-state index is -0.664. The van der Waals surface area contributed by atoms with Gasteiger partial charge in [0.1, 0.15) is 12.4 Å². The molecule has 74 valence electrons. The number of aliphatic hydroxyl groups excluding tert-OH is 1. The van der Waals surface area contributed by atoms with Crippen LogP contribution in [0, 0.1) is 6.92 Å². The molecule has 0 radical (unpaired) electrons. The van der Waals surface area contributed by atoms with Gasteiger partial charge in [-0.3, -0.25) is 0 Å². The number of aromatic nitrogens is 3. The Morgan fingerprint density at radius 1 is 1.57 bits per heavy atom. The first-order chi connectivity index (χ1) is 6.70. The number of aryl methyl sites for hydroxylation is 2. The van der Waals surface area contributed by atoms with Crippen molar-refractivity contribution in [2.75, 3.05) is 0 Å². The minimum Gasteiger partial charge on any atom is -0.379 e. The van der Waals surface area contributed by atoms with Crippen molar-refractivity contribution in [2.24, 2.45) is 7.05 Å². The zero-order valence-electron chi connectivity index (χ0n) is 8.01. The summed E-state index contributed by atoms with van der Waals surface area (Å²) in [6.07, 6.45) is 0.920. The van der Waals surface area contributed by atoms with Crippen LogP contribution in [0.4, 0.5) is 0 Å². The van der Waals surface area contributed by atoms with E-state index in [0.717, 1.165) is 10.4 Å². The zero-order chi connectivity index (χ0) is 10.1. The predicted octanol–water partition coefficient (Wildman–Crippen LogP) is 1.27. The first-order valence-corrected chi connectivity index (χ1v) is 5.14. The molecule has 1 N–H and O–H groups in total. The summed E-state index contributed by atoms with van der Waals surface area (Å²) in [4.78, 5) is 0.932. The van der Waals surface area contributed by atoms with Gasteiger partial charge in [-0.25, -0.2) is 0 Å². The van der Waals surface area contributed by atoms with Crippen molar-refractivity contribution in [3.63, 3.8) is 0 Å². The van der Waals surface area contributed by atoms with Crippen LogP contribution in [-0.2, 0) is 7.05 Å². The van der Waals surface area contributed by atoms with Crippen molar-refractivity contribution in [1.82, 2.24) is 14.8 Å². The third-order valence-corrected chi connectivity index (χ3v) is 3.21. The SMILES string of the molecule is Cc1ccsc1C(O)c1nncn1C. The van der Waals surface area contributed by atoms with Gasteiger partial charge in [0.25, 0.3) is 0 Å². The lowest BCUT2D eigenvalue weighted by Gasteiger charge is -2.08. The Labute approximate surface area is 85.8 Å². The molecular formula is C9H11N3OS. The second kappa shape index (κ2) is 3.51. The molecule has 0 amide bonds. The third kappa shape index (κ3) is 1.44. The van der Waals surface area contributed by atoms with Gasteiger partial charge < -0.3 is 9.67 Å². The van der Waals surface area contributed by atoms with Crippen LogP contribution in [0.3, 0.4) is 0 Å². The van der Waals surface area contributed by atoms with E-state index in [1.54, 1.807) is 10.9 Å². The van der Waals surface area contributed by atoms with Gasteiger partial charge in [-0.2, -0.15) is 0 Å². The Kier molecular flexibility index (Phi) is 2.35. The lowest BCUT2D eigenvalue weighted by Crippen LogP contribution is -2.06. The second-order valence-corrected chi connectivity index (χ2v) is 4.12. The van der Waals surface area contributed by atoms with Crippen molar-refractivity contribution in [2.45, 2.75) is 13.0 Å². The highest BCUT2D eigenvalue weighted by Crippen LogP contribution is 2.27. The average molecular weight is 209 g/mol. The molecule has 0 fully saturated rings. The van der Waals surface area contributed by atoms with Crippen LogP contribution in [0.5, 0.6) is 0 Å². The molecule has 2 rings (SSSR count). The molecule has 0 aliphatic heterocycles. The molecule has 0 aromatic carbocycles. The van der Waals surface area contributed by atoms with Crippen LogP contribution < -0.4 is 0 Å². The Bertz CT molecular complexity index is 394. The van der Waals surface area contributed by atoms with Crippen LogP contribution in [0.15, 0.2) is 17.8 Å². The highest BCUT2D eigenvalue weighted by Gasteiger charge is 2.18. The standard InChI is InChI=1S/C9H11N3OS/c1-6-3-4-14-8(6)7(13)9-11-10-5-12(9)2/h3-5,7,13H,1-2H3. The second-order valence-electron chi connectivity index (χ2n) is 3.17. The first-order valence-electron chi connectivity index (χ1n) is 4.26. The molecule has 1 atom stereocenters. The Morgan fingerprint density at radius 2 is 2.36 bits per heavy atom. The molecule has 5 heteroatoms. The summed E-state index contributed by atoms with van der Waals surface area (Å²) in [5.74, 6) is 0.579. The summed E-state index contributed by atoms with van der Waals surface area (Å²) in [6.45, 7) is 1.98. The van der Waals surface area contributed by atoms with Gasteiger partial charge in [-0.05, 0) is 23.9 Å². The highest BCUT2D eigenvalue weighted by molar-refractivity contribution is 7.10. The molecule has 4 nitrogen and oxygen atoms in total. The monoisotopic (exact) mass is 209 g/mol. The number of hydrogen-bond acceptors (Lipinski definition) is 4. The van der Waals surface area contributed by atoms with Crippen LogP contribution in [0.2, 0.25) is 0 Å². The maximum absolute atomic E-state index is 10.0. The van der Waals surface area contributed by atoms with Crippen molar-refractivity contribution in [1.29, 1.82) is 0 Å². The quantitative estimate of drug-likeness (QED) is 0.810. The largest absolute Gasteiger partial charge is 0.379 e. The molecule has 2 aromatic rings. The van der Waals surface area contributed by atoms with Crippen LogP contribution >= 0.6 is 11.3 Å². The summed E-state index contributed by atoms with van der Waals surface area (Å²) >= 11 is 1.53. The molecule has 0 bridgehead atoms. The highest BCUT2D eigenvalue weighted by atomic mass is 32.1. The minimum absolute atomic E-state index is 0.579. The maximum Gasteiger partial charge on any atom is 0.166 e. The van der Waals surface area contributed by atoms with E-state index in [-0.39, 0.29) is 0 Å². The molecule has 2 aromatic heterocycles. The number of nitrogens with zero attached hydrogens (tertiary/aromatic N) is 3. The normalized spacial score (nSPS) is 13.1. The Hall–Kier alpha value is -1.20. The van der Waals surface area contributed by atoms with Gasteiger partial charge in [-0.15, -0.1) is 21.5 Å². The van der Waals surface area contributed by atoms with Gasteiger partial charge in [0.15, 0.2) is 5.82 Å². The summed E-state index contributed by atoms with van der Waals surface area (Å²) in [6, 6.07) is 1.99. The van der Waals surface area contributed by atoms with Crippen molar-refractivity contribution < 1.29 is 5.11 Å². The molecule has 0 aliphatic rings. The van der Waals surface area contributed by atoms with Crippen LogP contribution in [-0.4, -0.2) is 19.9 Å². The molecule has 0 saturated heterocycles. The molecule has 14 heavy (non-hydrogen) atoms. The maximum atomic E-state index is 10.0. The van der Waals surface area contributed by atoms with Crippen molar-refractivity contribution >= 4 is 11.3 Å². The van der Waals surface area contributed by atoms with E-state index in [0.29, 0.717) is 5.82 Å². The summed E-state index contributed by atoms with van der Waals surface area (Å²) in [5.41, 5.74) is 1.09. The molecule has 1 unspecified atom stereocenters. The van der Waals surface area contributed by atoms with E-state index in [9.17, 15) is 5.11 Å². The number of aliphatic hydroxyl groups is 1. The number of hydrogen-bond donors (Lipinski definition) is 1. The van der Waals surface area contributed by atoms with Crippen LogP contribution in [0.25, 0.3) is 0 Å². The third-order valence-electron chi connectivity index (χ3n) is 2.14. The van der Waals surface area contributed by atoms with E-state index in [4.69, 9.17) is 0 Å². The Morgan fingerprint density at radius 3 is 2.86 bits per heavy atom. The molecule has 0 saturated carbocycles. The van der Waals surface area contributed by atoms with E-state index in [2.05, 4.69) is 10.2 Å². The van der Waals surface area contributed by atoms with E-state index >= 15 is 0 Å². The lowest BCUT2D eigenvalue weighted by molar-refractivity contribution is 0.209. The zero-order valence-corrected chi connectivity index (χ0v) is 8.82. The molecule has 0 spiro atoms. The average Bonchev–Trinajstić information content (AvgIpc) is 2.73. The van der Waals surface area contributed by atoms with Gasteiger partial charge in [-0.1, -0.05) is 0 Å². The summed E-state index contributed by atoms with van der Waals surface area (Å²) in [7, 11) is 1.82. The van der Waals surface area contributed by atoms with Gasteiger partial charge >= 0.3 is 0 Å². The van der Waals surface area contributed by atoms with Crippen molar-refractivity contribution in [3.8, 4) is 0 Å². The van der Waals surface area contributed by atoms with Gasteiger partial charge in [0.2, 0.25) is 0 Å². The summed E-state index contributed by atoms with van der Waals surface area (Å²) in [5, 5.41) is 19.6. The van der Waals surface area contributed by atoms with E-state index < -0.39 is 6.10 Å². The fourth-order valence-corrected chi connectivity index (χ4v) is 2.23. The first kappa shape index (κ1) is 9.36. The van der Waals surface area contributed by atoms with E-state index in [1.165, 1.54) is 11.3 Å². The number of thiophene rings is 1. The molecular weight excluding hydrogens is 198 g/mol. The fourth-order valence-electron chi connectivity index (χ4n) is 1.32. The fraction of sp³-hybridized carbons (Fsp3) is 0.333. The summed E-state index contributed by atoms with van der Waals surface area (Å²) < 4.78 is 1.73. The predicted molar refractivity (Wildman–Crippen MR) is 54.1 cm³/mol. The van der Waals surface area contributed by atoms with E-state index in [1.807, 2.05) is 25.4 Å². The molecule has 2 heterocycles. The smallest absolute Gasteiger partial charge is 0.166 e. The topological polar surface area (TPSA) is 50.9 Å². The van der Waals surface area contributed by atoms with Crippen LogP contribution in [0.1, 0.15) is 22.4 Å².